The number of hydrogen-bond donors (Lipinski definition) is 1. The predicted molar refractivity (Wildman–Crippen MR) is 131 cm³/mol. The number of carbonyl (C=O) groups is 1. The van der Waals surface area contributed by atoms with Gasteiger partial charge >= 0.3 is 6.03 Å². The van der Waals surface area contributed by atoms with Crippen LogP contribution in [0, 0.1) is 5.82 Å². The van der Waals surface area contributed by atoms with Crippen LogP contribution in [0.3, 0.4) is 0 Å². The standard InChI is InChI=1S/C26H21FN4O2S/c1-16-22(25-29-24(30-33-25)18-6-4-3-5-7-18)23(17-8-14-21(34-2)15-9-17)28-26(32)31(16)20-12-10-19(27)11-13-20/h3-15,23H,1-2H3,(H,28,32). The largest absolute Gasteiger partial charge is 0.334 e. The Morgan fingerprint density at radius 1 is 1.00 bits per heavy atom. The molecule has 1 aliphatic rings. The van der Waals surface area contributed by atoms with Crippen molar-refractivity contribution in [3.63, 3.8) is 0 Å². The molecule has 4 aromatic rings. The molecule has 0 saturated heterocycles. The lowest BCUT2D eigenvalue weighted by molar-refractivity contribution is 0.244. The van der Waals surface area contributed by atoms with Crippen LogP contribution in [-0.2, 0) is 0 Å². The molecule has 2 heterocycles. The highest BCUT2D eigenvalue weighted by atomic mass is 32.2. The average molecular weight is 473 g/mol. The minimum atomic E-state index is -0.496. The molecule has 5 rings (SSSR count). The van der Waals surface area contributed by atoms with Crippen LogP contribution >= 0.6 is 11.8 Å². The summed E-state index contributed by atoms with van der Waals surface area (Å²) in [6.45, 7) is 1.83. The second-order valence-electron chi connectivity index (χ2n) is 7.76. The summed E-state index contributed by atoms with van der Waals surface area (Å²) < 4.78 is 19.2. The van der Waals surface area contributed by atoms with E-state index in [2.05, 4.69) is 15.5 Å². The van der Waals surface area contributed by atoms with Gasteiger partial charge in [0.2, 0.25) is 5.82 Å². The fourth-order valence-corrected chi connectivity index (χ4v) is 4.41. The van der Waals surface area contributed by atoms with Gasteiger partial charge in [0.1, 0.15) is 5.82 Å². The van der Waals surface area contributed by atoms with E-state index in [4.69, 9.17) is 4.52 Å². The smallest absolute Gasteiger partial charge is 0.326 e. The van der Waals surface area contributed by atoms with Crippen molar-refractivity contribution in [1.82, 2.24) is 15.5 Å². The van der Waals surface area contributed by atoms with Crippen LogP contribution in [0.2, 0.25) is 0 Å². The summed E-state index contributed by atoms with van der Waals surface area (Å²) in [7, 11) is 0. The van der Waals surface area contributed by atoms with Crippen molar-refractivity contribution in [2.24, 2.45) is 0 Å². The Bertz CT molecular complexity index is 1350. The highest BCUT2D eigenvalue weighted by Gasteiger charge is 2.36. The monoisotopic (exact) mass is 472 g/mol. The zero-order valence-corrected chi connectivity index (χ0v) is 19.3. The second-order valence-corrected chi connectivity index (χ2v) is 8.64. The molecule has 8 heteroatoms. The molecule has 1 aliphatic heterocycles. The number of allylic oxidation sites excluding steroid dienone is 1. The second kappa shape index (κ2) is 9.15. The number of carbonyl (C=O) groups excluding carboxylic acids is 1. The average Bonchev–Trinajstić information content (AvgIpc) is 3.35. The molecule has 170 valence electrons. The van der Waals surface area contributed by atoms with Crippen LogP contribution < -0.4 is 10.2 Å². The van der Waals surface area contributed by atoms with Gasteiger partial charge < -0.3 is 9.84 Å². The van der Waals surface area contributed by atoms with E-state index < -0.39 is 6.04 Å². The summed E-state index contributed by atoms with van der Waals surface area (Å²) in [5.41, 5.74) is 3.55. The number of nitrogens with zero attached hydrogens (tertiary/aromatic N) is 3. The number of benzene rings is 3. The van der Waals surface area contributed by atoms with Crippen LogP contribution in [0.15, 0.2) is 94.0 Å². The molecule has 1 N–H and O–H groups in total. The summed E-state index contributed by atoms with van der Waals surface area (Å²) in [6, 6.07) is 22.5. The number of amides is 2. The molecule has 0 aliphatic carbocycles. The molecule has 34 heavy (non-hydrogen) atoms. The van der Waals surface area contributed by atoms with Gasteiger partial charge in [-0.15, -0.1) is 11.8 Å². The van der Waals surface area contributed by atoms with Gasteiger partial charge in [0, 0.05) is 16.2 Å². The van der Waals surface area contributed by atoms with Gasteiger partial charge in [-0.25, -0.2) is 9.18 Å². The Morgan fingerprint density at radius 3 is 2.38 bits per heavy atom. The quantitative estimate of drug-likeness (QED) is 0.345. The molecule has 6 nitrogen and oxygen atoms in total. The van der Waals surface area contributed by atoms with Gasteiger partial charge in [-0.2, -0.15) is 4.98 Å². The summed E-state index contributed by atoms with van der Waals surface area (Å²) in [5, 5.41) is 7.24. The first kappa shape index (κ1) is 21.9. The minimum Gasteiger partial charge on any atom is -0.334 e. The lowest BCUT2D eigenvalue weighted by Gasteiger charge is -2.35. The molecule has 1 aromatic heterocycles. The number of rotatable bonds is 5. The Kier molecular flexibility index (Phi) is 5.90. The van der Waals surface area contributed by atoms with Crippen molar-refractivity contribution >= 4 is 29.1 Å². The molecule has 2 amide bonds. The Hall–Kier alpha value is -3.91. The first-order valence-electron chi connectivity index (χ1n) is 10.7. The van der Waals surface area contributed by atoms with Gasteiger partial charge in [0.25, 0.3) is 5.89 Å². The summed E-state index contributed by atoms with van der Waals surface area (Å²) in [5.74, 6) is 0.388. The third kappa shape index (κ3) is 4.08. The van der Waals surface area contributed by atoms with Crippen LogP contribution in [0.5, 0.6) is 0 Å². The van der Waals surface area contributed by atoms with Crippen molar-refractivity contribution < 1.29 is 13.7 Å². The van der Waals surface area contributed by atoms with Crippen molar-refractivity contribution in [1.29, 1.82) is 0 Å². The van der Waals surface area contributed by atoms with Crippen molar-refractivity contribution in [3.8, 4) is 11.4 Å². The Morgan fingerprint density at radius 2 is 1.71 bits per heavy atom. The van der Waals surface area contributed by atoms with Gasteiger partial charge in [0.05, 0.1) is 17.3 Å². The van der Waals surface area contributed by atoms with E-state index in [0.717, 1.165) is 16.0 Å². The van der Waals surface area contributed by atoms with E-state index in [1.807, 2.05) is 67.8 Å². The van der Waals surface area contributed by atoms with Crippen LogP contribution in [-0.4, -0.2) is 22.4 Å². The topological polar surface area (TPSA) is 71.3 Å². The summed E-state index contributed by atoms with van der Waals surface area (Å²) in [6.07, 6.45) is 2.01. The van der Waals surface area contributed by atoms with E-state index in [9.17, 15) is 9.18 Å². The molecule has 0 saturated carbocycles. The fourth-order valence-electron chi connectivity index (χ4n) is 4.00. The minimum absolute atomic E-state index is 0.308. The maximum atomic E-state index is 13.5. The number of anilines is 1. The first-order valence-corrected chi connectivity index (χ1v) is 11.9. The molecular formula is C26H21FN4O2S. The third-order valence-corrected chi connectivity index (χ3v) is 6.45. The lowest BCUT2D eigenvalue weighted by Crippen LogP contribution is -2.46. The highest BCUT2D eigenvalue weighted by molar-refractivity contribution is 7.98. The van der Waals surface area contributed by atoms with Crippen molar-refractivity contribution in [2.45, 2.75) is 17.9 Å². The number of hydrogen-bond acceptors (Lipinski definition) is 5. The van der Waals surface area contributed by atoms with Gasteiger partial charge in [-0.05, 0) is 55.1 Å². The molecule has 0 fully saturated rings. The van der Waals surface area contributed by atoms with E-state index in [0.29, 0.717) is 28.7 Å². The van der Waals surface area contributed by atoms with Gasteiger partial charge in [0.15, 0.2) is 0 Å². The summed E-state index contributed by atoms with van der Waals surface area (Å²) in [4.78, 5) is 20.5. The van der Waals surface area contributed by atoms with E-state index >= 15 is 0 Å². The number of nitrogens with one attached hydrogen (secondary N) is 1. The molecular weight excluding hydrogens is 451 g/mol. The third-order valence-electron chi connectivity index (χ3n) is 5.71. The normalized spacial score (nSPS) is 16.0. The van der Waals surface area contributed by atoms with Crippen molar-refractivity contribution in [2.75, 3.05) is 11.2 Å². The lowest BCUT2D eigenvalue weighted by atomic mass is 9.94. The van der Waals surface area contributed by atoms with Crippen LogP contribution in [0.4, 0.5) is 14.9 Å². The molecule has 0 spiro atoms. The molecule has 1 unspecified atom stereocenters. The molecule has 1 atom stereocenters. The van der Waals surface area contributed by atoms with E-state index in [1.165, 1.54) is 17.0 Å². The maximum absolute atomic E-state index is 13.5. The zero-order chi connectivity index (χ0) is 23.7. The van der Waals surface area contributed by atoms with E-state index in [1.54, 1.807) is 23.9 Å². The number of halogens is 1. The van der Waals surface area contributed by atoms with Crippen molar-refractivity contribution in [3.05, 3.63) is 102 Å². The first-order chi connectivity index (χ1) is 16.5. The Balaban J connectivity index is 1.64. The number of urea groups is 1. The summed E-state index contributed by atoms with van der Waals surface area (Å²) >= 11 is 1.64. The number of aromatic nitrogens is 2. The predicted octanol–water partition coefficient (Wildman–Crippen LogP) is 6.30. The molecule has 0 radical (unpaired) electrons. The molecule has 3 aromatic carbocycles. The Labute approximate surface area is 200 Å². The van der Waals surface area contributed by atoms with Crippen LogP contribution in [0.1, 0.15) is 24.4 Å². The van der Waals surface area contributed by atoms with Gasteiger partial charge in [-0.1, -0.05) is 47.6 Å². The fraction of sp³-hybridized carbons (Fsp3) is 0.115. The van der Waals surface area contributed by atoms with Crippen LogP contribution in [0.25, 0.3) is 17.0 Å². The maximum Gasteiger partial charge on any atom is 0.326 e. The SMILES string of the molecule is CSc1ccc(C2NC(=O)N(c3ccc(F)cc3)C(C)=C2c2nc(-c3ccccc3)no2)cc1. The van der Waals surface area contributed by atoms with E-state index in [-0.39, 0.29) is 11.8 Å². The number of thioether (sulfide) groups is 1. The molecule has 0 bridgehead atoms. The highest BCUT2D eigenvalue weighted by Crippen LogP contribution is 2.39. The zero-order valence-electron chi connectivity index (χ0n) is 18.5. The van der Waals surface area contributed by atoms with Gasteiger partial charge in [-0.3, -0.25) is 4.90 Å².